The summed E-state index contributed by atoms with van der Waals surface area (Å²) in [5.74, 6) is 2.08. The number of hydrogen-bond acceptors (Lipinski definition) is 4. The van der Waals surface area contributed by atoms with Crippen molar-refractivity contribution in [1.82, 2.24) is 10.2 Å². The third kappa shape index (κ3) is 1.93. The molecule has 5 nitrogen and oxygen atoms in total. The van der Waals surface area contributed by atoms with Crippen molar-refractivity contribution in [2.75, 3.05) is 20.0 Å². The maximum absolute atomic E-state index is 5.78. The lowest BCUT2D eigenvalue weighted by atomic mass is 10.0. The minimum absolute atomic E-state index is 0.504. The monoisotopic (exact) mass is 269 g/mol. The predicted molar refractivity (Wildman–Crippen MR) is 79.0 cm³/mol. The van der Waals surface area contributed by atoms with Crippen LogP contribution in [0.3, 0.4) is 0 Å². The molecule has 1 heterocycles. The van der Waals surface area contributed by atoms with E-state index < -0.39 is 0 Å². The van der Waals surface area contributed by atoms with E-state index in [4.69, 9.17) is 15.2 Å². The minimum Gasteiger partial charge on any atom is -0.497 e. The number of H-pyrrole nitrogens is 1. The topological polar surface area (TPSA) is 73.2 Å². The van der Waals surface area contributed by atoms with Gasteiger partial charge in [0.25, 0.3) is 0 Å². The minimum atomic E-state index is 0.504. The Hall–Kier alpha value is -2.69. The number of nitrogen functional groups attached to an aromatic ring is 1. The van der Waals surface area contributed by atoms with Gasteiger partial charge in [-0.2, -0.15) is 5.10 Å². The van der Waals surface area contributed by atoms with Crippen LogP contribution in [-0.4, -0.2) is 24.4 Å². The van der Waals surface area contributed by atoms with E-state index in [9.17, 15) is 0 Å². The van der Waals surface area contributed by atoms with Gasteiger partial charge in [-0.15, -0.1) is 0 Å². The first-order chi connectivity index (χ1) is 9.72. The fourth-order valence-electron chi connectivity index (χ4n) is 2.25. The standard InChI is InChI=1S/C15H15N3O2/c1-19-10-4-6-14(20-2)12(8-10)9-3-5-11-13(7-9)17-18-15(11)16/h3-8H,1-2H3,(H3,16,17,18). The number of methoxy groups -OCH3 is 2. The molecule has 102 valence electrons. The maximum atomic E-state index is 5.78. The molecule has 0 aliphatic carbocycles. The van der Waals surface area contributed by atoms with Gasteiger partial charge in [0.1, 0.15) is 11.5 Å². The van der Waals surface area contributed by atoms with Crippen LogP contribution in [0.4, 0.5) is 5.82 Å². The van der Waals surface area contributed by atoms with E-state index in [0.717, 1.165) is 33.5 Å². The highest BCUT2D eigenvalue weighted by atomic mass is 16.5. The second kappa shape index (κ2) is 4.77. The molecule has 0 unspecified atom stereocenters. The highest BCUT2D eigenvalue weighted by Gasteiger charge is 2.10. The molecule has 0 saturated heterocycles. The summed E-state index contributed by atoms with van der Waals surface area (Å²) in [7, 11) is 3.29. The third-order valence-corrected chi connectivity index (χ3v) is 3.31. The number of hydrogen-bond donors (Lipinski definition) is 2. The van der Waals surface area contributed by atoms with Crippen LogP contribution in [0.2, 0.25) is 0 Å². The Labute approximate surface area is 116 Å². The smallest absolute Gasteiger partial charge is 0.153 e. The number of nitrogens with zero attached hydrogens (tertiary/aromatic N) is 1. The number of ether oxygens (including phenoxy) is 2. The van der Waals surface area contributed by atoms with E-state index in [2.05, 4.69) is 10.2 Å². The van der Waals surface area contributed by atoms with Gasteiger partial charge in [-0.3, -0.25) is 5.10 Å². The first-order valence-electron chi connectivity index (χ1n) is 6.19. The van der Waals surface area contributed by atoms with Gasteiger partial charge in [-0.05, 0) is 35.9 Å². The van der Waals surface area contributed by atoms with Crippen LogP contribution in [0.1, 0.15) is 0 Å². The van der Waals surface area contributed by atoms with Crippen LogP contribution in [0.15, 0.2) is 36.4 Å². The molecular formula is C15H15N3O2. The van der Waals surface area contributed by atoms with Gasteiger partial charge in [0.15, 0.2) is 5.82 Å². The molecule has 0 spiro atoms. The zero-order chi connectivity index (χ0) is 14.1. The molecule has 3 rings (SSSR count). The number of nitrogens with two attached hydrogens (primary N) is 1. The van der Waals surface area contributed by atoms with Crippen molar-refractivity contribution in [3.8, 4) is 22.6 Å². The van der Waals surface area contributed by atoms with Gasteiger partial charge in [0, 0.05) is 10.9 Å². The Bertz CT molecular complexity index is 765. The average Bonchev–Trinajstić information content (AvgIpc) is 2.87. The molecule has 0 bridgehead atoms. The highest BCUT2D eigenvalue weighted by Crippen LogP contribution is 2.35. The second-order valence-corrected chi connectivity index (χ2v) is 4.44. The number of aromatic amines is 1. The summed E-state index contributed by atoms with van der Waals surface area (Å²) in [6.45, 7) is 0. The van der Waals surface area contributed by atoms with E-state index in [1.807, 2.05) is 36.4 Å². The Balaban J connectivity index is 2.18. The second-order valence-electron chi connectivity index (χ2n) is 4.44. The van der Waals surface area contributed by atoms with E-state index in [1.54, 1.807) is 14.2 Å². The zero-order valence-corrected chi connectivity index (χ0v) is 11.3. The largest absolute Gasteiger partial charge is 0.497 e. The van der Waals surface area contributed by atoms with Crippen molar-refractivity contribution in [3.63, 3.8) is 0 Å². The summed E-state index contributed by atoms with van der Waals surface area (Å²) in [5.41, 5.74) is 8.64. The van der Waals surface area contributed by atoms with Crippen molar-refractivity contribution in [3.05, 3.63) is 36.4 Å². The number of anilines is 1. The quantitative estimate of drug-likeness (QED) is 0.766. The molecule has 0 amide bonds. The van der Waals surface area contributed by atoms with Crippen molar-refractivity contribution < 1.29 is 9.47 Å². The number of aromatic nitrogens is 2. The SMILES string of the molecule is COc1ccc(OC)c(-c2ccc3c(N)n[nH]c3c2)c1. The van der Waals surface area contributed by atoms with Crippen molar-refractivity contribution in [2.24, 2.45) is 0 Å². The molecule has 3 N–H and O–H groups in total. The van der Waals surface area contributed by atoms with Crippen LogP contribution < -0.4 is 15.2 Å². The zero-order valence-electron chi connectivity index (χ0n) is 11.3. The molecule has 0 aliphatic heterocycles. The van der Waals surface area contributed by atoms with Gasteiger partial charge in [-0.1, -0.05) is 6.07 Å². The van der Waals surface area contributed by atoms with E-state index in [-0.39, 0.29) is 0 Å². The Kier molecular flexibility index (Phi) is 2.95. The van der Waals surface area contributed by atoms with Crippen LogP contribution in [0, 0.1) is 0 Å². The Morgan fingerprint density at radius 3 is 2.65 bits per heavy atom. The lowest BCUT2D eigenvalue weighted by Crippen LogP contribution is -1.90. The molecule has 0 saturated carbocycles. The summed E-state index contributed by atoms with van der Waals surface area (Å²) >= 11 is 0. The summed E-state index contributed by atoms with van der Waals surface area (Å²) in [6, 6.07) is 11.6. The molecule has 0 radical (unpaired) electrons. The average molecular weight is 269 g/mol. The van der Waals surface area contributed by atoms with Gasteiger partial charge >= 0.3 is 0 Å². The number of rotatable bonds is 3. The fourth-order valence-corrected chi connectivity index (χ4v) is 2.25. The summed E-state index contributed by atoms with van der Waals surface area (Å²) in [4.78, 5) is 0. The van der Waals surface area contributed by atoms with Gasteiger partial charge < -0.3 is 15.2 Å². The van der Waals surface area contributed by atoms with Gasteiger partial charge in [0.2, 0.25) is 0 Å². The molecule has 2 aromatic carbocycles. The van der Waals surface area contributed by atoms with Crippen molar-refractivity contribution >= 4 is 16.7 Å². The van der Waals surface area contributed by atoms with Crippen molar-refractivity contribution in [1.29, 1.82) is 0 Å². The first kappa shape index (κ1) is 12.3. The van der Waals surface area contributed by atoms with Crippen LogP contribution in [0.25, 0.3) is 22.0 Å². The molecule has 1 aromatic heterocycles. The lowest BCUT2D eigenvalue weighted by Gasteiger charge is -2.10. The number of nitrogens with one attached hydrogen (secondary N) is 1. The molecule has 0 atom stereocenters. The van der Waals surface area contributed by atoms with Crippen LogP contribution in [-0.2, 0) is 0 Å². The Morgan fingerprint density at radius 2 is 1.90 bits per heavy atom. The molecule has 20 heavy (non-hydrogen) atoms. The van der Waals surface area contributed by atoms with Gasteiger partial charge in [-0.25, -0.2) is 0 Å². The summed E-state index contributed by atoms with van der Waals surface area (Å²) < 4.78 is 10.7. The van der Waals surface area contributed by atoms with E-state index >= 15 is 0 Å². The fraction of sp³-hybridized carbons (Fsp3) is 0.133. The van der Waals surface area contributed by atoms with Crippen molar-refractivity contribution in [2.45, 2.75) is 0 Å². The maximum Gasteiger partial charge on any atom is 0.153 e. The molecule has 3 aromatic rings. The molecule has 0 fully saturated rings. The van der Waals surface area contributed by atoms with Crippen LogP contribution >= 0.6 is 0 Å². The van der Waals surface area contributed by atoms with E-state index in [0.29, 0.717) is 5.82 Å². The van der Waals surface area contributed by atoms with E-state index in [1.165, 1.54) is 0 Å². The number of fused-ring (bicyclic) bond motifs is 1. The highest BCUT2D eigenvalue weighted by molar-refractivity contribution is 5.92. The number of benzene rings is 2. The predicted octanol–water partition coefficient (Wildman–Crippen LogP) is 2.83. The summed E-state index contributed by atoms with van der Waals surface area (Å²) in [5, 5.41) is 7.83. The van der Waals surface area contributed by atoms with Crippen LogP contribution in [0.5, 0.6) is 11.5 Å². The third-order valence-electron chi connectivity index (χ3n) is 3.31. The lowest BCUT2D eigenvalue weighted by molar-refractivity contribution is 0.404. The molecule has 5 heteroatoms. The molecular weight excluding hydrogens is 254 g/mol. The summed E-state index contributed by atoms with van der Waals surface area (Å²) in [6.07, 6.45) is 0. The Morgan fingerprint density at radius 1 is 1.05 bits per heavy atom. The molecule has 0 aliphatic rings. The van der Waals surface area contributed by atoms with Gasteiger partial charge in [0.05, 0.1) is 19.7 Å². The first-order valence-corrected chi connectivity index (χ1v) is 6.19. The normalized spacial score (nSPS) is 10.7.